The summed E-state index contributed by atoms with van der Waals surface area (Å²) in [7, 11) is -3.41. The van der Waals surface area contributed by atoms with Gasteiger partial charge in [-0.3, -0.25) is 4.79 Å². The fourth-order valence-electron chi connectivity index (χ4n) is 4.36. The molecule has 1 atom stereocenters. The van der Waals surface area contributed by atoms with E-state index in [2.05, 4.69) is 13.0 Å². The minimum Gasteiger partial charge on any atom is -0.309 e. The smallest absolute Gasteiger partial charge is 0.230 e. The van der Waals surface area contributed by atoms with Gasteiger partial charge in [0.05, 0.1) is 5.75 Å². The predicted octanol–water partition coefficient (Wildman–Crippen LogP) is 3.86. The van der Waals surface area contributed by atoms with Crippen molar-refractivity contribution in [1.29, 1.82) is 0 Å². The zero-order valence-corrected chi connectivity index (χ0v) is 18.0. The van der Waals surface area contributed by atoms with Crippen molar-refractivity contribution < 1.29 is 13.2 Å². The molecule has 0 bridgehead atoms. The number of piperidine rings is 1. The van der Waals surface area contributed by atoms with Crippen LogP contribution in [0.25, 0.3) is 0 Å². The number of anilines is 1. The van der Waals surface area contributed by atoms with Crippen LogP contribution in [-0.2, 0) is 27.0 Å². The van der Waals surface area contributed by atoms with Gasteiger partial charge < -0.3 is 4.90 Å². The number of carbonyl (C=O) groups is 1. The summed E-state index contributed by atoms with van der Waals surface area (Å²) < 4.78 is 27.1. The van der Waals surface area contributed by atoms with E-state index in [4.69, 9.17) is 11.6 Å². The van der Waals surface area contributed by atoms with Crippen LogP contribution < -0.4 is 4.90 Å². The molecule has 1 saturated heterocycles. The fraction of sp³-hybridized carbons (Fsp3) is 0.409. The summed E-state index contributed by atoms with van der Waals surface area (Å²) in [5.41, 5.74) is 2.93. The van der Waals surface area contributed by atoms with Gasteiger partial charge in [0.15, 0.2) is 0 Å². The van der Waals surface area contributed by atoms with Crippen LogP contribution in [-0.4, -0.2) is 37.8 Å². The van der Waals surface area contributed by atoms with Crippen molar-refractivity contribution in [3.8, 4) is 0 Å². The molecule has 2 aromatic carbocycles. The van der Waals surface area contributed by atoms with Crippen LogP contribution in [0, 0.1) is 5.92 Å². The number of benzene rings is 2. The maximum atomic E-state index is 13.2. The average Bonchev–Trinajstić information content (AvgIpc) is 3.05. The molecule has 5 nitrogen and oxygen atoms in total. The number of amides is 1. The highest BCUT2D eigenvalue weighted by Gasteiger charge is 2.37. The van der Waals surface area contributed by atoms with E-state index in [9.17, 15) is 13.2 Å². The summed E-state index contributed by atoms with van der Waals surface area (Å²) in [6.45, 7) is 2.84. The molecule has 1 amide bonds. The maximum Gasteiger partial charge on any atom is 0.230 e. The molecular formula is C22H25ClN2O3S. The highest BCUT2D eigenvalue weighted by molar-refractivity contribution is 7.88. The molecule has 4 rings (SSSR count). The van der Waals surface area contributed by atoms with E-state index >= 15 is 0 Å². The molecule has 0 aliphatic carbocycles. The van der Waals surface area contributed by atoms with E-state index in [-0.39, 0.29) is 23.6 Å². The maximum absolute atomic E-state index is 13.2. The largest absolute Gasteiger partial charge is 0.309 e. The highest BCUT2D eigenvalue weighted by atomic mass is 35.5. The first-order valence-corrected chi connectivity index (χ1v) is 12.0. The second kappa shape index (κ2) is 8.09. The third kappa shape index (κ3) is 4.20. The van der Waals surface area contributed by atoms with Crippen LogP contribution in [0.5, 0.6) is 0 Å². The Balaban J connectivity index is 1.40. The Labute approximate surface area is 177 Å². The van der Waals surface area contributed by atoms with Crippen LogP contribution in [0.15, 0.2) is 48.5 Å². The number of halogens is 1. The first-order valence-electron chi connectivity index (χ1n) is 9.98. The molecule has 29 heavy (non-hydrogen) atoms. The fourth-order valence-corrected chi connectivity index (χ4v) is 6.05. The first-order chi connectivity index (χ1) is 13.8. The zero-order chi connectivity index (χ0) is 20.6. The van der Waals surface area contributed by atoms with Crippen LogP contribution >= 0.6 is 11.6 Å². The molecule has 2 aliphatic rings. The Morgan fingerprint density at radius 3 is 2.41 bits per heavy atom. The molecule has 0 radical (unpaired) electrons. The molecular weight excluding hydrogens is 408 g/mol. The van der Waals surface area contributed by atoms with Crippen molar-refractivity contribution in [2.75, 3.05) is 18.0 Å². The van der Waals surface area contributed by atoms with Crippen LogP contribution in [0.1, 0.15) is 30.9 Å². The van der Waals surface area contributed by atoms with Crippen molar-refractivity contribution in [3.63, 3.8) is 0 Å². The van der Waals surface area contributed by atoms with E-state index in [1.165, 1.54) is 9.87 Å². The van der Waals surface area contributed by atoms with Crippen LogP contribution in [0.4, 0.5) is 5.69 Å². The summed E-state index contributed by atoms with van der Waals surface area (Å²) in [6, 6.07) is 15.1. The molecule has 1 unspecified atom stereocenters. The van der Waals surface area contributed by atoms with Gasteiger partial charge in [-0.1, -0.05) is 41.9 Å². The predicted molar refractivity (Wildman–Crippen MR) is 115 cm³/mol. The Kier molecular flexibility index (Phi) is 5.69. The Morgan fingerprint density at radius 1 is 1.07 bits per heavy atom. The molecule has 1 fully saturated rings. The molecule has 0 saturated carbocycles. The van der Waals surface area contributed by atoms with Crippen LogP contribution in [0.3, 0.4) is 0 Å². The lowest BCUT2D eigenvalue weighted by Gasteiger charge is -2.34. The van der Waals surface area contributed by atoms with Gasteiger partial charge >= 0.3 is 0 Å². The first kappa shape index (κ1) is 20.4. The van der Waals surface area contributed by atoms with E-state index in [0.29, 0.717) is 31.0 Å². The van der Waals surface area contributed by atoms with Gasteiger partial charge in [0.1, 0.15) is 0 Å². The van der Waals surface area contributed by atoms with Gasteiger partial charge in [0, 0.05) is 35.8 Å². The van der Waals surface area contributed by atoms with Crippen molar-refractivity contribution in [2.24, 2.45) is 5.92 Å². The van der Waals surface area contributed by atoms with Gasteiger partial charge in [0.2, 0.25) is 15.9 Å². The third-order valence-corrected chi connectivity index (χ3v) is 8.01. The topological polar surface area (TPSA) is 57.7 Å². The average molecular weight is 433 g/mol. The number of sulfonamides is 1. The summed E-state index contributed by atoms with van der Waals surface area (Å²) in [5, 5.41) is 0.586. The number of nitrogens with zero attached hydrogens (tertiary/aromatic N) is 2. The number of fused-ring (bicyclic) bond motifs is 1. The summed E-state index contributed by atoms with van der Waals surface area (Å²) in [5.74, 6) is -0.0537. The SMILES string of the molecule is CC1Cc2ccccc2N1C(=O)C1CCN(S(=O)(=O)Cc2ccc(Cl)cc2)CC1. The molecule has 154 valence electrons. The lowest BCUT2D eigenvalue weighted by Crippen LogP contribution is -2.46. The van der Waals surface area contributed by atoms with Crippen LogP contribution in [0.2, 0.25) is 5.02 Å². The molecule has 0 spiro atoms. The van der Waals surface area contributed by atoms with Gasteiger partial charge in [-0.15, -0.1) is 0 Å². The standard InChI is InChI=1S/C22H25ClN2O3S/c1-16-14-19-4-2-3-5-21(19)25(16)22(26)18-10-12-24(13-11-18)29(27,28)15-17-6-8-20(23)9-7-17/h2-9,16,18H,10-15H2,1H3. The van der Waals surface area contributed by atoms with E-state index < -0.39 is 10.0 Å². The zero-order valence-electron chi connectivity index (χ0n) is 16.4. The highest BCUT2D eigenvalue weighted by Crippen LogP contribution is 2.35. The lowest BCUT2D eigenvalue weighted by atomic mass is 9.96. The van der Waals surface area contributed by atoms with Gasteiger partial charge in [0.25, 0.3) is 0 Å². The number of hydrogen-bond acceptors (Lipinski definition) is 3. The van der Waals surface area contributed by atoms with E-state index in [0.717, 1.165) is 17.7 Å². The quantitative estimate of drug-likeness (QED) is 0.737. The number of rotatable bonds is 4. The second-order valence-corrected chi connectivity index (χ2v) is 10.4. The normalized spacial score (nSPS) is 20.6. The Hall–Kier alpha value is -1.89. The monoisotopic (exact) mass is 432 g/mol. The summed E-state index contributed by atoms with van der Waals surface area (Å²) in [4.78, 5) is 15.1. The van der Waals surface area contributed by atoms with E-state index in [1.807, 2.05) is 23.1 Å². The summed E-state index contributed by atoms with van der Waals surface area (Å²) >= 11 is 5.88. The number of para-hydroxylation sites is 1. The minimum atomic E-state index is -3.41. The van der Waals surface area contributed by atoms with Crippen molar-refractivity contribution in [1.82, 2.24) is 4.31 Å². The van der Waals surface area contributed by atoms with Crippen molar-refractivity contribution in [2.45, 2.75) is 38.0 Å². The lowest BCUT2D eigenvalue weighted by molar-refractivity contribution is -0.123. The molecule has 2 heterocycles. The van der Waals surface area contributed by atoms with Gasteiger partial charge in [-0.05, 0) is 55.5 Å². The second-order valence-electron chi connectivity index (χ2n) is 7.95. The molecule has 7 heteroatoms. The Bertz CT molecular complexity index is 999. The molecule has 0 aromatic heterocycles. The number of hydrogen-bond donors (Lipinski definition) is 0. The molecule has 0 N–H and O–H groups in total. The minimum absolute atomic E-state index is 0.0423. The van der Waals surface area contributed by atoms with Crippen molar-refractivity contribution in [3.05, 3.63) is 64.7 Å². The van der Waals surface area contributed by atoms with Gasteiger partial charge in [-0.2, -0.15) is 0 Å². The van der Waals surface area contributed by atoms with Crippen molar-refractivity contribution >= 4 is 33.2 Å². The molecule has 2 aromatic rings. The Morgan fingerprint density at radius 2 is 1.72 bits per heavy atom. The third-order valence-electron chi connectivity index (χ3n) is 5.90. The number of carbonyl (C=O) groups excluding carboxylic acids is 1. The molecule has 2 aliphatic heterocycles. The summed E-state index contributed by atoms with van der Waals surface area (Å²) in [6.07, 6.45) is 1.99. The van der Waals surface area contributed by atoms with Gasteiger partial charge in [-0.25, -0.2) is 12.7 Å². The van der Waals surface area contributed by atoms with E-state index in [1.54, 1.807) is 24.3 Å².